The topological polar surface area (TPSA) is 80.3 Å². The summed E-state index contributed by atoms with van der Waals surface area (Å²) in [4.78, 5) is -0.0261. The molecule has 0 aromatic heterocycles. The molecule has 0 atom stereocenters. The summed E-state index contributed by atoms with van der Waals surface area (Å²) in [7, 11) is -7.04. The molecule has 0 aliphatic rings. The fourth-order valence-corrected chi connectivity index (χ4v) is 4.05. The molecule has 0 aliphatic carbocycles. The lowest BCUT2D eigenvalue weighted by Crippen LogP contribution is -2.09. The van der Waals surface area contributed by atoms with Crippen molar-refractivity contribution in [2.45, 2.75) is 29.7 Å². The molecule has 5 nitrogen and oxygen atoms in total. The smallest absolute Gasteiger partial charge is 0.177 e. The van der Waals surface area contributed by atoms with Gasteiger partial charge in [0.15, 0.2) is 19.7 Å². The molecule has 0 unspecified atom stereocenters. The Morgan fingerprint density at radius 1 is 0.875 bits per heavy atom. The highest BCUT2D eigenvalue weighted by Gasteiger charge is 2.18. The number of hydrogen-bond donors (Lipinski definition) is 1. The number of nitrogens with one attached hydrogen (secondary N) is 1. The van der Waals surface area contributed by atoms with Gasteiger partial charge in [0, 0.05) is 19.1 Å². The van der Waals surface area contributed by atoms with E-state index < -0.39 is 19.7 Å². The highest BCUT2D eigenvalue weighted by atomic mass is 32.2. The van der Waals surface area contributed by atoms with Gasteiger partial charge in [-0.2, -0.15) is 0 Å². The van der Waals surface area contributed by atoms with Crippen molar-refractivity contribution in [1.29, 1.82) is 0 Å². The fraction of sp³-hybridized carbons (Fsp3) is 0.294. The van der Waals surface area contributed by atoms with Gasteiger partial charge < -0.3 is 5.32 Å². The summed E-state index contributed by atoms with van der Waals surface area (Å²) in [6.45, 7) is 2.52. The van der Waals surface area contributed by atoms with E-state index in [2.05, 4.69) is 12.2 Å². The Kier molecular flexibility index (Phi) is 5.35. The normalized spacial score (nSPS) is 12.1. The minimum absolute atomic E-state index is 0.0116. The minimum atomic E-state index is -3.56. The summed E-state index contributed by atoms with van der Waals surface area (Å²) >= 11 is 0. The van der Waals surface area contributed by atoms with Crippen molar-refractivity contribution in [3.05, 3.63) is 53.6 Å². The van der Waals surface area contributed by atoms with Crippen molar-refractivity contribution in [2.75, 3.05) is 17.8 Å². The zero-order chi connectivity index (χ0) is 18.0. The molecule has 0 saturated heterocycles. The van der Waals surface area contributed by atoms with Crippen molar-refractivity contribution in [1.82, 2.24) is 0 Å². The van der Waals surface area contributed by atoms with E-state index in [1.165, 1.54) is 23.8 Å². The molecule has 0 aliphatic heterocycles. The fourth-order valence-electron chi connectivity index (χ4n) is 2.45. The predicted octanol–water partition coefficient (Wildman–Crippen LogP) is 2.67. The molecule has 7 heteroatoms. The summed E-state index contributed by atoms with van der Waals surface area (Å²) in [5.41, 5.74) is 2.65. The molecule has 2 aromatic rings. The van der Waals surface area contributed by atoms with Gasteiger partial charge >= 0.3 is 0 Å². The van der Waals surface area contributed by atoms with Gasteiger partial charge in [-0.15, -0.1) is 0 Å². The van der Waals surface area contributed by atoms with Crippen molar-refractivity contribution in [3.63, 3.8) is 0 Å². The van der Waals surface area contributed by atoms with Gasteiger partial charge in [0.1, 0.15) is 0 Å². The number of sulfone groups is 2. The molecule has 0 spiro atoms. The third-order valence-corrected chi connectivity index (χ3v) is 6.00. The molecule has 0 saturated carbocycles. The number of anilines is 1. The molecule has 2 aromatic carbocycles. The molecule has 0 bridgehead atoms. The standard InChI is InChI=1S/C17H21NO4S2/c1-4-13-7-5-6-8-14(13)12-18-16-10-9-15(23(2,19)20)11-17(16)24(3,21)22/h5-11,18H,4,12H2,1-3H3. The SMILES string of the molecule is CCc1ccccc1CNc1ccc(S(C)(=O)=O)cc1S(C)(=O)=O. The highest BCUT2D eigenvalue weighted by Crippen LogP contribution is 2.26. The molecular formula is C17H21NO4S2. The summed E-state index contributed by atoms with van der Waals surface area (Å²) in [6.07, 6.45) is 3.00. The monoisotopic (exact) mass is 367 g/mol. The van der Waals surface area contributed by atoms with Crippen molar-refractivity contribution >= 4 is 25.4 Å². The zero-order valence-corrected chi connectivity index (χ0v) is 15.5. The largest absolute Gasteiger partial charge is 0.380 e. The molecule has 1 N–H and O–H groups in total. The average molecular weight is 367 g/mol. The van der Waals surface area contributed by atoms with Crippen LogP contribution in [-0.4, -0.2) is 29.3 Å². The first-order valence-corrected chi connectivity index (χ1v) is 11.3. The van der Waals surface area contributed by atoms with Crippen LogP contribution in [0.1, 0.15) is 18.1 Å². The maximum Gasteiger partial charge on any atom is 0.177 e. The number of rotatable bonds is 6. The van der Waals surface area contributed by atoms with Gasteiger partial charge in [-0.1, -0.05) is 31.2 Å². The molecule has 24 heavy (non-hydrogen) atoms. The summed E-state index contributed by atoms with van der Waals surface area (Å²) in [5, 5.41) is 3.12. The molecule has 2 rings (SSSR count). The van der Waals surface area contributed by atoms with Crippen LogP contribution >= 0.6 is 0 Å². The van der Waals surface area contributed by atoms with E-state index in [0.717, 1.165) is 24.5 Å². The Balaban J connectivity index is 2.40. The van der Waals surface area contributed by atoms with Crippen LogP contribution in [-0.2, 0) is 32.6 Å². The lowest BCUT2D eigenvalue weighted by Gasteiger charge is -2.14. The van der Waals surface area contributed by atoms with Crippen LogP contribution in [0.15, 0.2) is 52.3 Å². The van der Waals surface area contributed by atoms with E-state index in [-0.39, 0.29) is 9.79 Å². The zero-order valence-electron chi connectivity index (χ0n) is 13.9. The third kappa shape index (κ3) is 4.36. The van der Waals surface area contributed by atoms with Gasteiger partial charge in [-0.05, 0) is 35.7 Å². The van der Waals surface area contributed by atoms with E-state index in [0.29, 0.717) is 12.2 Å². The van der Waals surface area contributed by atoms with Gasteiger partial charge in [-0.25, -0.2) is 16.8 Å². The lowest BCUT2D eigenvalue weighted by atomic mass is 10.1. The van der Waals surface area contributed by atoms with E-state index in [1.807, 2.05) is 24.3 Å². The maximum absolute atomic E-state index is 12.0. The second kappa shape index (κ2) is 6.94. The summed E-state index contributed by atoms with van der Waals surface area (Å²) in [5.74, 6) is 0. The minimum Gasteiger partial charge on any atom is -0.380 e. The molecule has 0 heterocycles. The Morgan fingerprint density at radius 2 is 1.50 bits per heavy atom. The molecule has 130 valence electrons. The van der Waals surface area contributed by atoms with Crippen molar-refractivity contribution in [2.24, 2.45) is 0 Å². The lowest BCUT2D eigenvalue weighted by molar-refractivity contribution is 0.600. The van der Waals surface area contributed by atoms with Crippen LogP contribution < -0.4 is 5.32 Å². The molecular weight excluding hydrogens is 346 g/mol. The van der Waals surface area contributed by atoms with Crippen LogP contribution in [0.3, 0.4) is 0 Å². The Morgan fingerprint density at radius 3 is 2.04 bits per heavy atom. The highest BCUT2D eigenvalue weighted by molar-refractivity contribution is 7.91. The second-order valence-corrected chi connectivity index (χ2v) is 9.68. The first-order chi connectivity index (χ1) is 11.1. The number of benzene rings is 2. The van der Waals surface area contributed by atoms with Gasteiger partial charge in [0.2, 0.25) is 0 Å². The quantitative estimate of drug-likeness (QED) is 0.849. The van der Waals surface area contributed by atoms with Crippen LogP contribution in [0.25, 0.3) is 0 Å². The van der Waals surface area contributed by atoms with Gasteiger partial charge in [0.25, 0.3) is 0 Å². The first-order valence-electron chi connectivity index (χ1n) is 7.47. The summed E-state index contributed by atoms with van der Waals surface area (Å²) < 4.78 is 47.4. The van der Waals surface area contributed by atoms with E-state index >= 15 is 0 Å². The second-order valence-electron chi connectivity index (χ2n) is 5.68. The average Bonchev–Trinajstić information content (AvgIpc) is 2.51. The van der Waals surface area contributed by atoms with Crippen molar-refractivity contribution in [3.8, 4) is 0 Å². The Hall–Kier alpha value is -1.86. The van der Waals surface area contributed by atoms with Crippen molar-refractivity contribution < 1.29 is 16.8 Å². The third-order valence-electron chi connectivity index (χ3n) is 3.75. The first kappa shape index (κ1) is 18.5. The van der Waals surface area contributed by atoms with Crippen LogP contribution in [0, 0.1) is 0 Å². The Labute approximate surface area is 143 Å². The van der Waals surface area contributed by atoms with Crippen LogP contribution in [0.2, 0.25) is 0 Å². The van der Waals surface area contributed by atoms with E-state index in [1.54, 1.807) is 0 Å². The van der Waals surface area contributed by atoms with E-state index in [9.17, 15) is 16.8 Å². The maximum atomic E-state index is 12.0. The Bertz CT molecular complexity index is 948. The van der Waals surface area contributed by atoms with E-state index in [4.69, 9.17) is 0 Å². The molecule has 0 fully saturated rings. The molecule has 0 amide bonds. The van der Waals surface area contributed by atoms with Gasteiger partial charge in [0.05, 0.1) is 15.5 Å². The number of hydrogen-bond acceptors (Lipinski definition) is 5. The van der Waals surface area contributed by atoms with Gasteiger partial charge in [-0.3, -0.25) is 0 Å². The van der Waals surface area contributed by atoms with Crippen LogP contribution in [0.4, 0.5) is 5.69 Å². The molecule has 0 radical (unpaired) electrons. The number of aryl methyl sites for hydroxylation is 1. The van der Waals surface area contributed by atoms with Crippen LogP contribution in [0.5, 0.6) is 0 Å². The predicted molar refractivity (Wildman–Crippen MR) is 95.8 cm³/mol. The summed E-state index contributed by atoms with van der Waals surface area (Å²) in [6, 6.07) is 12.0.